The maximum atomic E-state index is 6.82. The van der Waals surface area contributed by atoms with Crippen molar-refractivity contribution >= 4 is 81.3 Å². The molecule has 0 radical (unpaired) electrons. The summed E-state index contributed by atoms with van der Waals surface area (Å²) in [5.41, 5.74) is 12.0. The Labute approximate surface area is 328 Å². The topological polar surface area (TPSA) is 16.4 Å². The molecule has 1 aliphatic carbocycles. The summed E-state index contributed by atoms with van der Waals surface area (Å²) in [5, 5.41) is 7.30. The quantitative estimate of drug-likeness (QED) is 0.175. The summed E-state index contributed by atoms with van der Waals surface area (Å²) in [5.74, 6) is 0. The summed E-state index contributed by atoms with van der Waals surface area (Å²) in [6.45, 7) is 0. The van der Waals surface area contributed by atoms with Crippen LogP contribution in [0.1, 0.15) is 22.3 Å². The molecule has 0 unspecified atom stereocenters. The number of hydrogen-bond donors (Lipinski definition) is 0. The van der Waals surface area contributed by atoms with Crippen molar-refractivity contribution in [1.29, 1.82) is 0 Å². The van der Waals surface area contributed by atoms with Crippen LogP contribution in [-0.2, 0) is 5.41 Å². The molecule has 2 heterocycles. The van der Waals surface area contributed by atoms with Crippen LogP contribution in [0.3, 0.4) is 0 Å². The van der Waals surface area contributed by atoms with E-state index in [1.54, 1.807) is 0 Å². The van der Waals surface area contributed by atoms with E-state index in [0.717, 1.165) is 39.0 Å². The van der Waals surface area contributed by atoms with Crippen LogP contribution in [0, 0.1) is 0 Å². The van der Waals surface area contributed by atoms with Gasteiger partial charge in [-0.05, 0) is 74.5 Å². The van der Waals surface area contributed by atoms with Crippen molar-refractivity contribution in [3.05, 3.63) is 222 Å². The lowest BCUT2D eigenvalue weighted by molar-refractivity contribution is 0.669. The highest BCUT2D eigenvalue weighted by Crippen LogP contribution is 2.58. The fourth-order valence-electron chi connectivity index (χ4n) is 9.58. The van der Waals surface area contributed by atoms with Crippen molar-refractivity contribution in [2.75, 3.05) is 4.90 Å². The molecule has 2 aromatic heterocycles. The number of thiophene rings is 1. The van der Waals surface area contributed by atoms with Crippen molar-refractivity contribution < 1.29 is 4.42 Å². The maximum Gasteiger partial charge on any atom is 0.159 e. The lowest BCUT2D eigenvalue weighted by Crippen LogP contribution is -2.28. The fraction of sp³-hybridized carbons (Fsp3) is 0.0189. The van der Waals surface area contributed by atoms with E-state index in [-0.39, 0.29) is 0 Å². The number of rotatable bonds is 5. The molecular weight excluding hydrogens is 699 g/mol. The Morgan fingerprint density at radius 3 is 1.86 bits per heavy atom. The van der Waals surface area contributed by atoms with Crippen LogP contribution in [0.2, 0.25) is 0 Å². The largest absolute Gasteiger partial charge is 0.454 e. The third-order valence-electron chi connectivity index (χ3n) is 11.9. The Bertz CT molecular complexity index is 3280. The summed E-state index contributed by atoms with van der Waals surface area (Å²) in [4.78, 5) is 2.45. The molecule has 0 atom stereocenters. The number of anilines is 3. The third kappa shape index (κ3) is 4.32. The molecule has 0 saturated carbocycles. The first-order chi connectivity index (χ1) is 27.8. The van der Waals surface area contributed by atoms with Crippen molar-refractivity contribution in [2.24, 2.45) is 0 Å². The summed E-state index contributed by atoms with van der Waals surface area (Å²) >= 11 is 1.88. The second kappa shape index (κ2) is 12.0. The normalized spacial score (nSPS) is 13.1. The second-order valence-corrected chi connectivity index (χ2v) is 15.8. The second-order valence-electron chi connectivity index (χ2n) is 14.8. The zero-order chi connectivity index (χ0) is 36.8. The standard InChI is InChI=1S/C53H33NOS/c1-3-16-35(17-4-1)53(36-18-5-2-6-19-36)45-25-11-9-21-39(45)40-32-30-37(33-46(40)53)54(47-26-13-23-42-41-22-10-12-28-49(41)55-50(42)47)48-27-14-24-43-44-31-29-34-15-7-8-20-38(34)51(44)56-52(43)48/h1-33H. The molecule has 11 aromatic rings. The van der Waals surface area contributed by atoms with Gasteiger partial charge < -0.3 is 9.32 Å². The molecule has 0 N–H and O–H groups in total. The van der Waals surface area contributed by atoms with Gasteiger partial charge in [-0.1, -0.05) is 170 Å². The number of nitrogens with zero attached hydrogens (tertiary/aromatic N) is 1. The van der Waals surface area contributed by atoms with E-state index in [1.807, 2.05) is 11.3 Å². The van der Waals surface area contributed by atoms with Crippen LogP contribution in [-0.4, -0.2) is 0 Å². The van der Waals surface area contributed by atoms with Crippen molar-refractivity contribution in [2.45, 2.75) is 5.41 Å². The minimum atomic E-state index is -0.524. The highest BCUT2D eigenvalue weighted by Gasteiger charge is 2.46. The first kappa shape index (κ1) is 31.4. The van der Waals surface area contributed by atoms with Crippen LogP contribution < -0.4 is 4.90 Å². The van der Waals surface area contributed by atoms with Crippen molar-refractivity contribution in [3.63, 3.8) is 0 Å². The molecule has 0 fully saturated rings. The maximum absolute atomic E-state index is 6.82. The molecule has 0 spiro atoms. The highest BCUT2D eigenvalue weighted by molar-refractivity contribution is 7.27. The Morgan fingerprint density at radius 1 is 0.411 bits per heavy atom. The SMILES string of the molecule is c1ccc(C2(c3ccccc3)c3ccccc3-c3ccc(N(c4cccc5c4oc4ccccc45)c4cccc5c4sc4c6ccccc6ccc54)cc32)cc1. The molecule has 0 amide bonds. The zero-order valence-electron chi connectivity index (χ0n) is 30.3. The summed E-state index contributed by atoms with van der Waals surface area (Å²) < 4.78 is 9.37. The first-order valence-electron chi connectivity index (χ1n) is 19.2. The van der Waals surface area contributed by atoms with Gasteiger partial charge in [-0.3, -0.25) is 0 Å². The molecule has 56 heavy (non-hydrogen) atoms. The van der Waals surface area contributed by atoms with E-state index < -0.39 is 5.41 Å². The van der Waals surface area contributed by atoms with Gasteiger partial charge in [0, 0.05) is 31.9 Å². The van der Waals surface area contributed by atoms with E-state index in [9.17, 15) is 0 Å². The average molecular weight is 732 g/mol. The average Bonchev–Trinajstić information content (AvgIpc) is 3.94. The van der Waals surface area contributed by atoms with Gasteiger partial charge in [0.2, 0.25) is 0 Å². The van der Waals surface area contributed by atoms with E-state index in [4.69, 9.17) is 4.42 Å². The summed E-state index contributed by atoms with van der Waals surface area (Å²) in [6.07, 6.45) is 0. The molecule has 3 heteroatoms. The predicted molar refractivity (Wildman–Crippen MR) is 236 cm³/mol. The van der Waals surface area contributed by atoms with Gasteiger partial charge in [-0.25, -0.2) is 0 Å². The van der Waals surface area contributed by atoms with Crippen LogP contribution in [0.15, 0.2) is 205 Å². The Morgan fingerprint density at radius 2 is 1.04 bits per heavy atom. The van der Waals surface area contributed by atoms with Crippen LogP contribution in [0.25, 0.3) is 64.0 Å². The molecule has 262 valence electrons. The van der Waals surface area contributed by atoms with Gasteiger partial charge in [0.25, 0.3) is 0 Å². The molecule has 0 aliphatic heterocycles. The smallest absolute Gasteiger partial charge is 0.159 e. The van der Waals surface area contributed by atoms with Gasteiger partial charge in [-0.15, -0.1) is 11.3 Å². The van der Waals surface area contributed by atoms with Crippen LogP contribution in [0.4, 0.5) is 17.1 Å². The lowest BCUT2D eigenvalue weighted by atomic mass is 9.67. The van der Waals surface area contributed by atoms with Gasteiger partial charge >= 0.3 is 0 Å². The van der Waals surface area contributed by atoms with Crippen LogP contribution in [0.5, 0.6) is 0 Å². The summed E-state index contributed by atoms with van der Waals surface area (Å²) in [6, 6.07) is 73.2. The van der Waals surface area contributed by atoms with Crippen molar-refractivity contribution in [1.82, 2.24) is 0 Å². The number of benzene rings is 9. The third-order valence-corrected chi connectivity index (χ3v) is 13.2. The molecule has 1 aliphatic rings. The Balaban J connectivity index is 1.19. The lowest BCUT2D eigenvalue weighted by Gasteiger charge is -2.35. The summed E-state index contributed by atoms with van der Waals surface area (Å²) in [7, 11) is 0. The van der Waals surface area contributed by atoms with Gasteiger partial charge in [-0.2, -0.15) is 0 Å². The predicted octanol–water partition coefficient (Wildman–Crippen LogP) is 14.9. The molecule has 9 aromatic carbocycles. The van der Waals surface area contributed by atoms with Crippen LogP contribution >= 0.6 is 11.3 Å². The first-order valence-corrected chi connectivity index (χ1v) is 20.0. The number of furan rings is 1. The molecule has 12 rings (SSSR count). The van der Waals surface area contributed by atoms with Gasteiger partial charge in [0.05, 0.1) is 21.5 Å². The number of fused-ring (bicyclic) bond motifs is 11. The molecular formula is C53H33NOS. The van der Waals surface area contributed by atoms with E-state index in [0.29, 0.717) is 0 Å². The number of para-hydroxylation sites is 2. The van der Waals surface area contributed by atoms with E-state index in [1.165, 1.54) is 64.3 Å². The van der Waals surface area contributed by atoms with E-state index >= 15 is 0 Å². The van der Waals surface area contributed by atoms with Gasteiger partial charge in [0.1, 0.15) is 5.58 Å². The monoisotopic (exact) mass is 731 g/mol. The Kier molecular flexibility index (Phi) is 6.75. The number of hydrogen-bond acceptors (Lipinski definition) is 3. The fourth-order valence-corrected chi connectivity index (χ4v) is 10.9. The molecule has 0 bridgehead atoms. The van der Waals surface area contributed by atoms with E-state index in [2.05, 4.69) is 205 Å². The minimum absolute atomic E-state index is 0.524. The zero-order valence-corrected chi connectivity index (χ0v) is 31.1. The highest BCUT2D eigenvalue weighted by atomic mass is 32.1. The minimum Gasteiger partial charge on any atom is -0.454 e. The van der Waals surface area contributed by atoms with Gasteiger partial charge in [0.15, 0.2) is 5.58 Å². The van der Waals surface area contributed by atoms with Crippen molar-refractivity contribution in [3.8, 4) is 11.1 Å². The Hall–Kier alpha value is -6.94. The molecule has 0 saturated heterocycles. The molecule has 2 nitrogen and oxygen atoms in total.